The van der Waals surface area contributed by atoms with Gasteiger partial charge in [-0.25, -0.2) is 0 Å². The Kier molecular flexibility index (Phi) is 4.13. The van der Waals surface area contributed by atoms with Crippen LogP contribution < -0.4 is 10.9 Å². The molecule has 1 saturated heterocycles. The molecule has 2 amide bonds. The average Bonchev–Trinajstić information content (AvgIpc) is 2.53. The van der Waals surface area contributed by atoms with Gasteiger partial charge < -0.3 is 0 Å². The minimum atomic E-state index is -0.827. The number of hydrogen-bond donors (Lipinski definition) is 1. The van der Waals surface area contributed by atoms with Crippen LogP contribution in [0.2, 0.25) is 0 Å². The molecule has 0 radical (unpaired) electrons. The molecule has 7 heteroatoms. The third kappa shape index (κ3) is 3.43. The molecular formula is C18H18N4O3. The molecule has 2 aromatic rings. The van der Waals surface area contributed by atoms with E-state index in [1.54, 1.807) is 18.2 Å². The highest BCUT2D eigenvalue weighted by Crippen LogP contribution is 2.18. The Morgan fingerprint density at radius 3 is 2.68 bits per heavy atom. The second kappa shape index (κ2) is 6.13. The molecule has 1 aliphatic heterocycles. The van der Waals surface area contributed by atoms with Gasteiger partial charge in [0.2, 0.25) is 5.91 Å². The van der Waals surface area contributed by atoms with Crippen LogP contribution in [-0.4, -0.2) is 26.8 Å². The van der Waals surface area contributed by atoms with Crippen LogP contribution in [0.15, 0.2) is 23.0 Å². The Labute approximate surface area is 144 Å². The number of aromatic nitrogens is 3. The number of nitrogens with zero attached hydrogens (tertiary/aromatic N) is 3. The third-order valence-corrected chi connectivity index (χ3v) is 3.79. The third-order valence-electron chi connectivity index (χ3n) is 3.79. The lowest BCUT2D eigenvalue weighted by atomic mass is 9.97. The predicted octanol–water partition coefficient (Wildman–Crippen LogP) is 1.17. The van der Waals surface area contributed by atoms with E-state index in [4.69, 9.17) is 0 Å². The first-order valence-electron chi connectivity index (χ1n) is 8.01. The Morgan fingerprint density at radius 2 is 2.00 bits per heavy atom. The first-order valence-corrected chi connectivity index (χ1v) is 8.01. The molecule has 0 saturated carbocycles. The Hall–Kier alpha value is -3.01. The Balaban J connectivity index is 2.10. The number of benzene rings is 1. The number of rotatable bonds is 1. The van der Waals surface area contributed by atoms with Gasteiger partial charge in [-0.2, -0.15) is 4.68 Å². The number of carbonyl (C=O) groups excluding carboxylic acids is 2. The summed E-state index contributed by atoms with van der Waals surface area (Å²) in [6.45, 7) is 5.98. The van der Waals surface area contributed by atoms with Crippen LogP contribution in [-0.2, 0) is 9.59 Å². The predicted molar refractivity (Wildman–Crippen MR) is 91.6 cm³/mol. The van der Waals surface area contributed by atoms with E-state index < -0.39 is 17.5 Å². The van der Waals surface area contributed by atoms with E-state index in [-0.39, 0.29) is 24.2 Å². The number of carbonyl (C=O) groups is 2. The van der Waals surface area contributed by atoms with Crippen LogP contribution in [0.1, 0.15) is 45.2 Å². The first-order chi connectivity index (χ1) is 11.8. The Bertz CT molecular complexity index is 989. The van der Waals surface area contributed by atoms with Gasteiger partial charge in [0, 0.05) is 11.8 Å². The summed E-state index contributed by atoms with van der Waals surface area (Å²) in [6.07, 6.45) is 0.397. The summed E-state index contributed by atoms with van der Waals surface area (Å²) in [5.74, 6) is 5.28. The minimum Gasteiger partial charge on any atom is -0.295 e. The van der Waals surface area contributed by atoms with E-state index in [9.17, 15) is 14.4 Å². The van der Waals surface area contributed by atoms with Gasteiger partial charge in [0.15, 0.2) is 0 Å². The van der Waals surface area contributed by atoms with Crippen LogP contribution in [0.5, 0.6) is 0 Å². The fraction of sp³-hybridized carbons (Fsp3) is 0.389. The summed E-state index contributed by atoms with van der Waals surface area (Å²) >= 11 is 0. The quantitative estimate of drug-likeness (QED) is 0.622. The number of hydrogen-bond acceptors (Lipinski definition) is 5. The molecule has 3 rings (SSSR count). The van der Waals surface area contributed by atoms with E-state index in [0.717, 1.165) is 4.68 Å². The molecule has 128 valence electrons. The fourth-order valence-electron chi connectivity index (χ4n) is 2.56. The topological polar surface area (TPSA) is 94.0 Å². The van der Waals surface area contributed by atoms with Crippen molar-refractivity contribution in [1.82, 2.24) is 20.3 Å². The first kappa shape index (κ1) is 16.8. The lowest BCUT2D eigenvalue weighted by Crippen LogP contribution is -2.45. The highest BCUT2D eigenvalue weighted by Gasteiger charge is 2.30. The SMILES string of the molecule is CC(C)(C)C#Cc1cccc2c(=O)n(C3CCC(=O)NC3=O)nnc12. The van der Waals surface area contributed by atoms with Crippen LogP contribution in [0, 0.1) is 17.3 Å². The molecular weight excluding hydrogens is 320 g/mol. The standard InChI is InChI=1S/C18H18N4O3/c1-18(2,3)10-9-11-5-4-6-12-15(11)20-21-22(17(12)25)13-7-8-14(23)19-16(13)24/h4-6,13H,7-8H2,1-3H3,(H,19,23,24). The zero-order chi connectivity index (χ0) is 18.2. The molecule has 0 bridgehead atoms. The molecule has 7 nitrogen and oxygen atoms in total. The van der Waals surface area contributed by atoms with Crippen molar-refractivity contribution in [3.05, 3.63) is 34.1 Å². The smallest absolute Gasteiger partial charge is 0.278 e. The maximum absolute atomic E-state index is 12.8. The van der Waals surface area contributed by atoms with Gasteiger partial charge in [-0.1, -0.05) is 23.1 Å². The van der Waals surface area contributed by atoms with Crippen molar-refractivity contribution in [2.75, 3.05) is 0 Å². The highest BCUT2D eigenvalue weighted by atomic mass is 16.2. The van der Waals surface area contributed by atoms with E-state index in [0.29, 0.717) is 16.5 Å². The molecule has 1 fully saturated rings. The molecule has 0 spiro atoms. The van der Waals surface area contributed by atoms with Crippen LogP contribution in [0.4, 0.5) is 0 Å². The summed E-state index contributed by atoms with van der Waals surface area (Å²) in [4.78, 5) is 36.0. The van der Waals surface area contributed by atoms with Gasteiger partial charge in [0.05, 0.1) is 10.9 Å². The fourth-order valence-corrected chi connectivity index (χ4v) is 2.56. The van der Waals surface area contributed by atoms with Gasteiger partial charge in [-0.15, -0.1) is 5.10 Å². The summed E-state index contributed by atoms with van der Waals surface area (Å²) in [6, 6.07) is 4.32. The molecule has 1 aromatic heterocycles. The van der Waals surface area contributed by atoms with E-state index >= 15 is 0 Å². The van der Waals surface area contributed by atoms with Gasteiger partial charge in [-0.05, 0) is 39.3 Å². The summed E-state index contributed by atoms with van der Waals surface area (Å²) in [5.41, 5.74) is 0.427. The molecule has 25 heavy (non-hydrogen) atoms. The van der Waals surface area contributed by atoms with Crippen molar-refractivity contribution in [2.45, 2.75) is 39.7 Å². The normalized spacial score (nSPS) is 17.8. The molecule has 1 N–H and O–H groups in total. The second-order valence-electron chi connectivity index (χ2n) is 7.01. The van der Waals surface area contributed by atoms with Crippen LogP contribution in [0.25, 0.3) is 10.9 Å². The summed E-state index contributed by atoms with van der Waals surface area (Å²) in [5, 5.41) is 10.6. The van der Waals surface area contributed by atoms with Crippen molar-refractivity contribution in [2.24, 2.45) is 5.41 Å². The highest BCUT2D eigenvalue weighted by molar-refractivity contribution is 5.99. The van der Waals surface area contributed by atoms with Crippen LogP contribution >= 0.6 is 0 Å². The van der Waals surface area contributed by atoms with Crippen LogP contribution in [0.3, 0.4) is 0 Å². The molecule has 1 aliphatic rings. The van der Waals surface area contributed by atoms with Crippen molar-refractivity contribution < 1.29 is 9.59 Å². The van der Waals surface area contributed by atoms with E-state index in [1.807, 2.05) is 20.8 Å². The largest absolute Gasteiger partial charge is 0.295 e. The molecule has 2 heterocycles. The molecule has 1 unspecified atom stereocenters. The van der Waals surface area contributed by atoms with Crippen molar-refractivity contribution >= 4 is 22.7 Å². The summed E-state index contributed by atoms with van der Waals surface area (Å²) < 4.78 is 1.05. The van der Waals surface area contributed by atoms with Gasteiger partial charge in [0.25, 0.3) is 11.5 Å². The van der Waals surface area contributed by atoms with Crippen molar-refractivity contribution in [1.29, 1.82) is 0 Å². The number of nitrogens with one attached hydrogen (secondary N) is 1. The molecule has 1 atom stereocenters. The number of amides is 2. The van der Waals surface area contributed by atoms with Gasteiger partial charge in [0.1, 0.15) is 11.6 Å². The molecule has 1 aromatic carbocycles. The maximum Gasteiger partial charge on any atom is 0.278 e. The van der Waals surface area contributed by atoms with E-state index in [1.165, 1.54) is 0 Å². The zero-order valence-corrected chi connectivity index (χ0v) is 14.3. The average molecular weight is 338 g/mol. The second-order valence-corrected chi connectivity index (χ2v) is 7.01. The number of imide groups is 1. The maximum atomic E-state index is 12.8. The van der Waals surface area contributed by atoms with E-state index in [2.05, 4.69) is 27.5 Å². The van der Waals surface area contributed by atoms with Gasteiger partial charge >= 0.3 is 0 Å². The van der Waals surface area contributed by atoms with Gasteiger partial charge in [-0.3, -0.25) is 19.7 Å². The lowest BCUT2D eigenvalue weighted by molar-refractivity contribution is -0.136. The van der Waals surface area contributed by atoms with Crippen molar-refractivity contribution in [3.63, 3.8) is 0 Å². The Morgan fingerprint density at radius 1 is 1.24 bits per heavy atom. The summed E-state index contributed by atoms with van der Waals surface area (Å²) in [7, 11) is 0. The lowest BCUT2D eigenvalue weighted by Gasteiger charge is -2.21. The number of piperidine rings is 1. The number of fused-ring (bicyclic) bond motifs is 1. The monoisotopic (exact) mass is 338 g/mol. The zero-order valence-electron chi connectivity index (χ0n) is 14.3. The van der Waals surface area contributed by atoms with Crippen molar-refractivity contribution in [3.8, 4) is 11.8 Å². The molecule has 0 aliphatic carbocycles. The minimum absolute atomic E-state index is 0.166.